The first kappa shape index (κ1) is 15.2. The first-order chi connectivity index (χ1) is 7.93. The highest BCUT2D eigenvalue weighted by molar-refractivity contribution is 5.94. The second-order valence-electron chi connectivity index (χ2n) is 3.36. The molecule has 0 aromatic carbocycles. The number of nitrogens with zero attached hydrogens (tertiary/aromatic N) is 1. The molecule has 0 fully saturated rings. The van der Waals surface area contributed by atoms with E-state index in [1.807, 2.05) is 5.43 Å². The third-order valence-corrected chi connectivity index (χ3v) is 1.64. The van der Waals surface area contributed by atoms with Gasteiger partial charge in [0, 0.05) is 5.92 Å². The Kier molecular flexibility index (Phi) is 6.69. The van der Waals surface area contributed by atoms with Crippen LogP contribution in [0.3, 0.4) is 0 Å². The number of ether oxygens (including phenoxy) is 2. The van der Waals surface area contributed by atoms with Crippen molar-refractivity contribution in [3.63, 3.8) is 0 Å². The second-order valence-corrected chi connectivity index (χ2v) is 3.36. The zero-order valence-corrected chi connectivity index (χ0v) is 10.5. The number of imide groups is 1. The van der Waals surface area contributed by atoms with Crippen LogP contribution in [0.1, 0.15) is 27.7 Å². The van der Waals surface area contributed by atoms with Gasteiger partial charge in [0.2, 0.25) is 0 Å². The molecule has 7 heteroatoms. The van der Waals surface area contributed by atoms with Gasteiger partial charge < -0.3 is 9.47 Å². The highest BCUT2D eigenvalue weighted by atomic mass is 16.6. The molecular weight excluding hydrogens is 228 g/mol. The first-order valence-electron chi connectivity index (χ1n) is 5.38. The maximum atomic E-state index is 11.7. The van der Waals surface area contributed by atoms with Gasteiger partial charge in [-0.05, 0) is 13.8 Å². The molecule has 0 aliphatic rings. The lowest BCUT2D eigenvalue weighted by molar-refractivity contribution is -0.135. The second kappa shape index (κ2) is 7.48. The lowest BCUT2D eigenvalue weighted by Crippen LogP contribution is -2.51. The van der Waals surface area contributed by atoms with E-state index in [0.717, 1.165) is 0 Å². The molecule has 7 nitrogen and oxygen atoms in total. The van der Waals surface area contributed by atoms with Crippen LogP contribution in [-0.4, -0.2) is 36.3 Å². The van der Waals surface area contributed by atoms with Crippen LogP contribution in [0, 0.1) is 5.92 Å². The molecule has 0 aromatic heterocycles. The fourth-order valence-corrected chi connectivity index (χ4v) is 0.892. The Morgan fingerprint density at radius 3 is 2.06 bits per heavy atom. The van der Waals surface area contributed by atoms with Crippen molar-refractivity contribution in [2.75, 3.05) is 13.2 Å². The van der Waals surface area contributed by atoms with E-state index >= 15 is 0 Å². The standard InChI is InChI=1S/C10H18N2O5/c1-5-16-9(14)11-12(8(13)7(3)4)10(15)17-6-2/h7H,5-6H2,1-4H3,(H,11,14). The van der Waals surface area contributed by atoms with E-state index in [4.69, 9.17) is 0 Å². The van der Waals surface area contributed by atoms with Crippen molar-refractivity contribution >= 4 is 18.1 Å². The average Bonchev–Trinajstić information content (AvgIpc) is 2.25. The molecule has 0 saturated carbocycles. The summed E-state index contributed by atoms with van der Waals surface area (Å²) in [5, 5.41) is 0.520. The number of carbonyl (C=O) groups is 3. The SMILES string of the molecule is CCOC(=O)NN(C(=O)OCC)C(=O)C(C)C. The van der Waals surface area contributed by atoms with Crippen molar-refractivity contribution in [3.05, 3.63) is 0 Å². The summed E-state index contributed by atoms with van der Waals surface area (Å²) in [7, 11) is 0. The molecule has 0 aliphatic heterocycles. The van der Waals surface area contributed by atoms with E-state index in [9.17, 15) is 14.4 Å². The average molecular weight is 246 g/mol. The quantitative estimate of drug-likeness (QED) is 0.758. The number of amides is 3. The van der Waals surface area contributed by atoms with E-state index in [2.05, 4.69) is 9.47 Å². The summed E-state index contributed by atoms with van der Waals surface area (Å²) >= 11 is 0. The maximum Gasteiger partial charge on any atom is 0.436 e. The summed E-state index contributed by atoms with van der Waals surface area (Å²) in [5.41, 5.74) is 2.03. The van der Waals surface area contributed by atoms with Gasteiger partial charge in [0.25, 0.3) is 5.91 Å². The number of hydrogen-bond donors (Lipinski definition) is 1. The van der Waals surface area contributed by atoms with Crippen molar-refractivity contribution in [2.24, 2.45) is 5.92 Å². The molecule has 0 aromatic rings. The Hall–Kier alpha value is -1.79. The predicted molar refractivity (Wildman–Crippen MR) is 58.9 cm³/mol. The van der Waals surface area contributed by atoms with Crippen molar-refractivity contribution in [1.82, 2.24) is 10.4 Å². The van der Waals surface area contributed by atoms with Gasteiger partial charge in [-0.1, -0.05) is 13.8 Å². The molecule has 0 atom stereocenters. The third-order valence-electron chi connectivity index (χ3n) is 1.64. The summed E-state index contributed by atoms with van der Waals surface area (Å²) in [6.45, 7) is 6.64. The van der Waals surface area contributed by atoms with Crippen LogP contribution < -0.4 is 5.43 Å². The molecular formula is C10H18N2O5. The summed E-state index contributed by atoms with van der Waals surface area (Å²) in [6, 6.07) is 0. The van der Waals surface area contributed by atoms with Gasteiger partial charge in [0.1, 0.15) is 0 Å². The van der Waals surface area contributed by atoms with Crippen molar-refractivity contribution in [2.45, 2.75) is 27.7 Å². The van der Waals surface area contributed by atoms with Crippen LogP contribution in [0.25, 0.3) is 0 Å². The van der Waals surface area contributed by atoms with E-state index in [1.165, 1.54) is 0 Å². The Morgan fingerprint density at radius 2 is 1.65 bits per heavy atom. The minimum Gasteiger partial charge on any atom is -0.449 e. The third kappa shape index (κ3) is 5.19. The summed E-state index contributed by atoms with van der Waals surface area (Å²) in [5.74, 6) is -1.03. The number of nitrogens with one attached hydrogen (secondary N) is 1. The number of hydrazine groups is 1. The summed E-state index contributed by atoms with van der Waals surface area (Å²) in [6.07, 6.45) is -1.81. The van der Waals surface area contributed by atoms with Gasteiger partial charge >= 0.3 is 12.2 Å². The molecule has 3 amide bonds. The van der Waals surface area contributed by atoms with Crippen LogP contribution in [0.4, 0.5) is 9.59 Å². The zero-order chi connectivity index (χ0) is 13.4. The molecule has 0 spiro atoms. The molecule has 98 valence electrons. The van der Waals surface area contributed by atoms with E-state index in [1.54, 1.807) is 27.7 Å². The highest BCUT2D eigenvalue weighted by Crippen LogP contribution is 2.01. The van der Waals surface area contributed by atoms with Crippen molar-refractivity contribution in [1.29, 1.82) is 0 Å². The molecule has 17 heavy (non-hydrogen) atoms. The smallest absolute Gasteiger partial charge is 0.436 e. The maximum absolute atomic E-state index is 11.7. The van der Waals surface area contributed by atoms with Gasteiger partial charge in [-0.25, -0.2) is 15.0 Å². The highest BCUT2D eigenvalue weighted by Gasteiger charge is 2.27. The molecule has 0 heterocycles. The lowest BCUT2D eigenvalue weighted by atomic mass is 10.2. The van der Waals surface area contributed by atoms with E-state index in [-0.39, 0.29) is 13.2 Å². The van der Waals surface area contributed by atoms with Gasteiger partial charge in [-0.3, -0.25) is 4.79 Å². The molecule has 0 aliphatic carbocycles. The Labute approximate surface area is 100 Å². The normalized spacial score (nSPS) is 9.71. The fraction of sp³-hybridized carbons (Fsp3) is 0.700. The molecule has 0 rings (SSSR count). The summed E-state index contributed by atoms with van der Waals surface area (Å²) in [4.78, 5) is 34.2. The van der Waals surface area contributed by atoms with Crippen LogP contribution >= 0.6 is 0 Å². The molecule has 0 unspecified atom stereocenters. The van der Waals surface area contributed by atoms with Crippen LogP contribution in [0.15, 0.2) is 0 Å². The number of hydrogen-bond acceptors (Lipinski definition) is 5. The lowest BCUT2D eigenvalue weighted by Gasteiger charge is -2.21. The molecule has 0 saturated heterocycles. The zero-order valence-electron chi connectivity index (χ0n) is 10.5. The van der Waals surface area contributed by atoms with E-state index in [0.29, 0.717) is 5.01 Å². The summed E-state index contributed by atoms with van der Waals surface area (Å²) < 4.78 is 9.23. The van der Waals surface area contributed by atoms with Crippen molar-refractivity contribution < 1.29 is 23.9 Å². The minimum absolute atomic E-state index is 0.102. The fourth-order valence-electron chi connectivity index (χ4n) is 0.892. The minimum atomic E-state index is -0.931. The largest absolute Gasteiger partial charge is 0.449 e. The number of carbonyl (C=O) groups excluding carboxylic acids is 3. The Bertz CT molecular complexity index is 290. The van der Waals surface area contributed by atoms with Crippen LogP contribution in [0.2, 0.25) is 0 Å². The van der Waals surface area contributed by atoms with Gasteiger partial charge in [0.15, 0.2) is 0 Å². The topological polar surface area (TPSA) is 84.9 Å². The Balaban J connectivity index is 4.67. The predicted octanol–water partition coefficient (Wildman–Crippen LogP) is 1.29. The molecule has 0 radical (unpaired) electrons. The number of rotatable bonds is 3. The molecule has 1 N–H and O–H groups in total. The Morgan fingerprint density at radius 1 is 1.12 bits per heavy atom. The molecule has 0 bridgehead atoms. The monoisotopic (exact) mass is 246 g/mol. The first-order valence-corrected chi connectivity index (χ1v) is 5.38. The van der Waals surface area contributed by atoms with Crippen LogP contribution in [-0.2, 0) is 14.3 Å². The van der Waals surface area contributed by atoms with Gasteiger partial charge in [-0.15, -0.1) is 5.01 Å². The van der Waals surface area contributed by atoms with Crippen LogP contribution in [0.5, 0.6) is 0 Å². The van der Waals surface area contributed by atoms with Gasteiger partial charge in [0.05, 0.1) is 13.2 Å². The van der Waals surface area contributed by atoms with Crippen molar-refractivity contribution in [3.8, 4) is 0 Å². The van der Waals surface area contributed by atoms with Gasteiger partial charge in [-0.2, -0.15) is 0 Å². The van der Waals surface area contributed by atoms with E-state index < -0.39 is 24.0 Å².